The van der Waals surface area contributed by atoms with Gasteiger partial charge in [-0.2, -0.15) is 0 Å². The van der Waals surface area contributed by atoms with Crippen LogP contribution in [0.5, 0.6) is 5.75 Å². The van der Waals surface area contributed by atoms with Crippen molar-refractivity contribution in [3.8, 4) is 5.75 Å². The highest BCUT2D eigenvalue weighted by Gasteiger charge is 2.04. The molecule has 1 aromatic carbocycles. The molecule has 0 saturated heterocycles. The second-order valence-electron chi connectivity index (χ2n) is 3.85. The first-order valence-corrected chi connectivity index (χ1v) is 5.67. The van der Waals surface area contributed by atoms with E-state index in [0.717, 1.165) is 17.0 Å². The second kappa shape index (κ2) is 6.18. The molecule has 0 saturated carbocycles. The first-order chi connectivity index (χ1) is 8.81. The number of ether oxygens (including phenoxy) is 2. The van der Waals surface area contributed by atoms with Gasteiger partial charge in [0.1, 0.15) is 24.7 Å². The maximum atomic E-state index is 5.58. The molecule has 5 heteroatoms. The molecule has 0 atom stereocenters. The molecule has 0 fully saturated rings. The standard InChI is InChI=1S/C13H16N2O3/c1-16-9-13-6-11(15-18-13)8-17-12-4-2-10(7-14)3-5-12/h2-6H,7-9,14H2,1H3. The predicted octanol–water partition coefficient (Wildman–Crippen LogP) is 1.86. The molecule has 1 aromatic heterocycles. The molecule has 96 valence electrons. The molecular formula is C13H16N2O3. The van der Waals surface area contributed by atoms with Crippen LogP contribution in [-0.4, -0.2) is 12.3 Å². The van der Waals surface area contributed by atoms with E-state index in [1.807, 2.05) is 30.3 Å². The van der Waals surface area contributed by atoms with Gasteiger partial charge in [0.15, 0.2) is 5.76 Å². The number of hydrogen-bond donors (Lipinski definition) is 1. The summed E-state index contributed by atoms with van der Waals surface area (Å²) in [5.41, 5.74) is 7.34. The van der Waals surface area contributed by atoms with Crippen LogP contribution in [0.25, 0.3) is 0 Å². The van der Waals surface area contributed by atoms with Gasteiger partial charge in [-0.25, -0.2) is 0 Å². The molecule has 2 N–H and O–H groups in total. The number of methoxy groups -OCH3 is 1. The van der Waals surface area contributed by atoms with Crippen molar-refractivity contribution >= 4 is 0 Å². The number of rotatable bonds is 6. The van der Waals surface area contributed by atoms with E-state index in [1.165, 1.54) is 0 Å². The minimum absolute atomic E-state index is 0.370. The van der Waals surface area contributed by atoms with Crippen LogP contribution in [-0.2, 0) is 24.5 Å². The summed E-state index contributed by atoms with van der Waals surface area (Å²) >= 11 is 0. The lowest BCUT2D eigenvalue weighted by Crippen LogP contribution is -1.98. The van der Waals surface area contributed by atoms with Crippen LogP contribution in [0, 0.1) is 0 Å². The monoisotopic (exact) mass is 248 g/mol. The molecule has 0 radical (unpaired) electrons. The Bertz CT molecular complexity index is 479. The Hall–Kier alpha value is -1.85. The lowest BCUT2D eigenvalue weighted by Gasteiger charge is -2.04. The van der Waals surface area contributed by atoms with Crippen LogP contribution in [0.4, 0.5) is 0 Å². The molecule has 5 nitrogen and oxygen atoms in total. The highest BCUT2D eigenvalue weighted by atomic mass is 16.5. The maximum absolute atomic E-state index is 5.58. The van der Waals surface area contributed by atoms with Gasteiger partial charge in [-0.1, -0.05) is 17.3 Å². The second-order valence-corrected chi connectivity index (χ2v) is 3.85. The SMILES string of the molecule is COCc1cc(COc2ccc(CN)cc2)no1. The fourth-order valence-corrected chi connectivity index (χ4v) is 1.51. The zero-order valence-corrected chi connectivity index (χ0v) is 10.3. The van der Waals surface area contributed by atoms with Crippen LogP contribution < -0.4 is 10.5 Å². The molecule has 2 aromatic rings. The first kappa shape index (κ1) is 12.6. The van der Waals surface area contributed by atoms with Gasteiger partial charge in [0, 0.05) is 19.7 Å². The van der Waals surface area contributed by atoms with E-state index in [4.69, 9.17) is 19.7 Å². The summed E-state index contributed by atoms with van der Waals surface area (Å²) in [5.74, 6) is 1.47. The minimum Gasteiger partial charge on any atom is -0.487 e. The normalized spacial score (nSPS) is 10.6. The topological polar surface area (TPSA) is 70.5 Å². The molecule has 0 unspecified atom stereocenters. The largest absolute Gasteiger partial charge is 0.487 e. The summed E-state index contributed by atoms with van der Waals surface area (Å²) in [6.45, 7) is 1.32. The molecule has 2 rings (SSSR count). The van der Waals surface area contributed by atoms with Crippen molar-refractivity contribution in [2.24, 2.45) is 5.73 Å². The third kappa shape index (κ3) is 3.32. The molecule has 0 spiro atoms. The Morgan fingerprint density at radius 3 is 2.67 bits per heavy atom. The first-order valence-electron chi connectivity index (χ1n) is 5.67. The van der Waals surface area contributed by atoms with Crippen molar-refractivity contribution in [1.29, 1.82) is 0 Å². The van der Waals surface area contributed by atoms with Crippen molar-refractivity contribution < 1.29 is 14.0 Å². The van der Waals surface area contributed by atoms with Crippen LogP contribution in [0.15, 0.2) is 34.9 Å². The third-order valence-electron chi connectivity index (χ3n) is 2.44. The van der Waals surface area contributed by atoms with Crippen LogP contribution >= 0.6 is 0 Å². The summed E-state index contributed by atoms with van der Waals surface area (Å²) in [7, 11) is 1.61. The smallest absolute Gasteiger partial charge is 0.162 e. The number of hydrogen-bond acceptors (Lipinski definition) is 5. The van der Waals surface area contributed by atoms with Crippen LogP contribution in [0.2, 0.25) is 0 Å². The third-order valence-corrected chi connectivity index (χ3v) is 2.44. The summed E-state index contributed by atoms with van der Waals surface area (Å²) in [6, 6.07) is 9.47. The average Bonchev–Trinajstić information content (AvgIpc) is 2.85. The van der Waals surface area contributed by atoms with E-state index in [-0.39, 0.29) is 0 Å². The summed E-state index contributed by atoms with van der Waals surface area (Å²) in [5, 5.41) is 3.88. The Balaban J connectivity index is 1.89. The molecule has 0 aliphatic heterocycles. The maximum Gasteiger partial charge on any atom is 0.162 e. The quantitative estimate of drug-likeness (QED) is 0.844. The number of nitrogens with two attached hydrogens (primary N) is 1. The Morgan fingerprint density at radius 2 is 2.00 bits per heavy atom. The molecule has 0 aliphatic carbocycles. The summed E-state index contributed by atoms with van der Waals surface area (Å²) < 4.78 is 15.6. The summed E-state index contributed by atoms with van der Waals surface area (Å²) in [6.07, 6.45) is 0. The van der Waals surface area contributed by atoms with E-state index in [1.54, 1.807) is 7.11 Å². The van der Waals surface area contributed by atoms with Gasteiger partial charge in [0.2, 0.25) is 0 Å². The zero-order valence-electron chi connectivity index (χ0n) is 10.3. The molecular weight excluding hydrogens is 232 g/mol. The number of nitrogens with zero attached hydrogens (tertiary/aromatic N) is 1. The van der Waals surface area contributed by atoms with Gasteiger partial charge < -0.3 is 19.7 Å². The Labute approximate surface area is 105 Å². The van der Waals surface area contributed by atoms with Gasteiger partial charge in [-0.3, -0.25) is 0 Å². The highest BCUT2D eigenvalue weighted by Crippen LogP contribution is 2.14. The van der Waals surface area contributed by atoms with E-state index in [9.17, 15) is 0 Å². The van der Waals surface area contributed by atoms with Crippen LogP contribution in [0.3, 0.4) is 0 Å². The van der Waals surface area contributed by atoms with Crippen molar-refractivity contribution in [2.75, 3.05) is 7.11 Å². The summed E-state index contributed by atoms with van der Waals surface area (Å²) in [4.78, 5) is 0. The fraction of sp³-hybridized carbons (Fsp3) is 0.308. The fourth-order valence-electron chi connectivity index (χ4n) is 1.51. The van der Waals surface area contributed by atoms with Crippen LogP contribution in [0.1, 0.15) is 17.0 Å². The average molecular weight is 248 g/mol. The van der Waals surface area contributed by atoms with Gasteiger partial charge in [0.25, 0.3) is 0 Å². The van der Waals surface area contributed by atoms with Gasteiger partial charge in [-0.15, -0.1) is 0 Å². The molecule has 1 heterocycles. The molecule has 0 amide bonds. The minimum atomic E-state index is 0.370. The Morgan fingerprint density at radius 1 is 1.22 bits per heavy atom. The number of benzene rings is 1. The number of aromatic nitrogens is 1. The molecule has 0 aliphatic rings. The van der Waals surface area contributed by atoms with Gasteiger partial charge in [0.05, 0.1) is 0 Å². The van der Waals surface area contributed by atoms with E-state index in [2.05, 4.69) is 5.16 Å². The predicted molar refractivity (Wildman–Crippen MR) is 65.9 cm³/mol. The lowest BCUT2D eigenvalue weighted by atomic mass is 10.2. The Kier molecular flexibility index (Phi) is 4.33. The van der Waals surface area contributed by atoms with Crippen molar-refractivity contribution in [3.05, 3.63) is 47.3 Å². The molecule has 18 heavy (non-hydrogen) atoms. The molecule has 0 bridgehead atoms. The lowest BCUT2D eigenvalue weighted by molar-refractivity contribution is 0.155. The van der Waals surface area contributed by atoms with Crippen molar-refractivity contribution in [2.45, 2.75) is 19.8 Å². The van der Waals surface area contributed by atoms with Crippen molar-refractivity contribution in [1.82, 2.24) is 5.16 Å². The van der Waals surface area contributed by atoms with Gasteiger partial charge in [-0.05, 0) is 17.7 Å². The van der Waals surface area contributed by atoms with E-state index < -0.39 is 0 Å². The van der Waals surface area contributed by atoms with Crippen molar-refractivity contribution in [3.63, 3.8) is 0 Å². The zero-order chi connectivity index (χ0) is 12.8. The van der Waals surface area contributed by atoms with E-state index >= 15 is 0 Å². The van der Waals surface area contributed by atoms with E-state index in [0.29, 0.717) is 25.5 Å². The highest BCUT2D eigenvalue weighted by molar-refractivity contribution is 5.27. The van der Waals surface area contributed by atoms with Gasteiger partial charge >= 0.3 is 0 Å².